The highest BCUT2D eigenvalue weighted by Gasteiger charge is 2.14. The van der Waals surface area contributed by atoms with E-state index in [-0.39, 0.29) is 23.6 Å². The van der Waals surface area contributed by atoms with Crippen molar-refractivity contribution in [3.8, 4) is 0 Å². The fourth-order valence-electron chi connectivity index (χ4n) is 1.07. The number of carbonyl (C=O) groups is 2. The van der Waals surface area contributed by atoms with Gasteiger partial charge in [0.15, 0.2) is 11.6 Å². The van der Waals surface area contributed by atoms with E-state index in [1.807, 2.05) is 0 Å². The van der Waals surface area contributed by atoms with Gasteiger partial charge in [0.2, 0.25) is 0 Å². The zero-order valence-electron chi connectivity index (χ0n) is 8.47. The van der Waals surface area contributed by atoms with Gasteiger partial charge in [-0.05, 0) is 12.1 Å². The lowest BCUT2D eigenvalue weighted by molar-refractivity contribution is -0.136. The summed E-state index contributed by atoms with van der Waals surface area (Å²) in [5, 5.41) is 10.3. The molecule has 4 nitrogen and oxygen atoms in total. The van der Waals surface area contributed by atoms with Crippen molar-refractivity contribution in [1.82, 2.24) is 5.32 Å². The average molecular weight is 264 g/mol. The zero-order valence-corrected chi connectivity index (χ0v) is 9.22. The Morgan fingerprint density at radius 1 is 1.29 bits per heavy atom. The smallest absolute Gasteiger partial charge is 0.305 e. The normalized spacial score (nSPS) is 10.1. The van der Waals surface area contributed by atoms with E-state index in [1.165, 1.54) is 0 Å². The molecule has 1 aromatic rings. The molecule has 0 aliphatic rings. The first kappa shape index (κ1) is 13.4. The van der Waals surface area contributed by atoms with Gasteiger partial charge in [0.25, 0.3) is 5.91 Å². The molecule has 92 valence electrons. The quantitative estimate of drug-likeness (QED) is 0.815. The van der Waals surface area contributed by atoms with Crippen LogP contribution in [0.5, 0.6) is 0 Å². The second-order valence-corrected chi connectivity index (χ2v) is 3.55. The van der Waals surface area contributed by atoms with Crippen molar-refractivity contribution in [3.05, 3.63) is 34.4 Å². The highest BCUT2D eigenvalue weighted by Crippen LogP contribution is 2.19. The van der Waals surface area contributed by atoms with Crippen LogP contribution in [0.25, 0.3) is 0 Å². The molecule has 0 saturated carbocycles. The molecule has 7 heteroatoms. The van der Waals surface area contributed by atoms with Crippen LogP contribution in [-0.4, -0.2) is 23.5 Å². The Balaban J connectivity index is 2.75. The molecular formula is C10H8ClF2NO3. The van der Waals surface area contributed by atoms with Crippen LogP contribution in [0.2, 0.25) is 5.02 Å². The minimum Gasteiger partial charge on any atom is -0.481 e. The van der Waals surface area contributed by atoms with E-state index in [0.29, 0.717) is 12.1 Å². The average Bonchev–Trinajstić information content (AvgIpc) is 2.22. The Kier molecular flexibility index (Phi) is 4.39. The van der Waals surface area contributed by atoms with Crippen LogP contribution in [0.1, 0.15) is 16.8 Å². The number of nitrogens with one attached hydrogen (secondary N) is 1. The Bertz CT molecular complexity index is 465. The molecule has 0 aliphatic heterocycles. The topological polar surface area (TPSA) is 66.4 Å². The van der Waals surface area contributed by atoms with Crippen molar-refractivity contribution < 1.29 is 23.5 Å². The molecule has 1 aromatic carbocycles. The Labute approximate surface area is 100 Å². The van der Waals surface area contributed by atoms with Gasteiger partial charge in [-0.3, -0.25) is 9.59 Å². The van der Waals surface area contributed by atoms with Crippen LogP contribution in [0, 0.1) is 11.6 Å². The summed E-state index contributed by atoms with van der Waals surface area (Å²) in [4.78, 5) is 21.6. The number of carboxylic acids is 1. The number of rotatable bonds is 4. The molecule has 0 aliphatic carbocycles. The molecule has 0 spiro atoms. The van der Waals surface area contributed by atoms with Gasteiger partial charge in [-0.15, -0.1) is 0 Å². The Morgan fingerprint density at radius 2 is 1.88 bits per heavy atom. The maximum absolute atomic E-state index is 12.9. The van der Waals surface area contributed by atoms with Crippen LogP contribution in [0.4, 0.5) is 8.78 Å². The molecule has 0 aromatic heterocycles. The van der Waals surface area contributed by atoms with E-state index in [9.17, 15) is 18.4 Å². The zero-order chi connectivity index (χ0) is 13.0. The number of carboxylic acid groups (broad SMARTS) is 1. The molecule has 2 N–H and O–H groups in total. The first-order valence-corrected chi connectivity index (χ1v) is 4.94. The van der Waals surface area contributed by atoms with Gasteiger partial charge < -0.3 is 10.4 Å². The lowest BCUT2D eigenvalue weighted by atomic mass is 10.2. The Hall–Kier alpha value is -1.69. The third-order valence-electron chi connectivity index (χ3n) is 1.88. The van der Waals surface area contributed by atoms with Gasteiger partial charge in [0, 0.05) is 6.54 Å². The predicted octanol–water partition coefficient (Wildman–Crippen LogP) is 1.82. The monoisotopic (exact) mass is 263 g/mol. The summed E-state index contributed by atoms with van der Waals surface area (Å²) in [6.45, 7) is -0.122. The van der Waals surface area contributed by atoms with Crippen molar-refractivity contribution in [2.45, 2.75) is 6.42 Å². The van der Waals surface area contributed by atoms with Crippen LogP contribution >= 0.6 is 11.6 Å². The number of hydrogen-bond acceptors (Lipinski definition) is 2. The minimum absolute atomic E-state index is 0.122. The SMILES string of the molecule is O=C(O)CCNC(=O)c1cc(F)c(F)cc1Cl. The van der Waals surface area contributed by atoms with E-state index in [0.717, 1.165) is 0 Å². The molecule has 0 unspecified atom stereocenters. The first-order valence-electron chi connectivity index (χ1n) is 4.56. The summed E-state index contributed by atoms with van der Waals surface area (Å²) < 4.78 is 25.6. The number of hydrogen-bond donors (Lipinski definition) is 2. The molecular weight excluding hydrogens is 256 g/mol. The van der Waals surface area contributed by atoms with Crippen molar-refractivity contribution in [3.63, 3.8) is 0 Å². The van der Waals surface area contributed by atoms with Crippen LogP contribution < -0.4 is 5.32 Å². The summed E-state index contributed by atoms with van der Waals surface area (Å²) in [7, 11) is 0. The van der Waals surface area contributed by atoms with Crippen LogP contribution in [0.15, 0.2) is 12.1 Å². The third-order valence-corrected chi connectivity index (χ3v) is 2.19. The number of aliphatic carboxylic acids is 1. The van der Waals surface area contributed by atoms with Gasteiger partial charge >= 0.3 is 5.97 Å². The predicted molar refractivity (Wildman–Crippen MR) is 56.0 cm³/mol. The molecule has 0 saturated heterocycles. The van der Waals surface area contributed by atoms with Gasteiger partial charge in [-0.25, -0.2) is 8.78 Å². The van der Waals surface area contributed by atoms with E-state index >= 15 is 0 Å². The molecule has 0 radical (unpaired) electrons. The molecule has 0 bridgehead atoms. The highest BCUT2D eigenvalue weighted by atomic mass is 35.5. The van der Waals surface area contributed by atoms with Crippen molar-refractivity contribution >= 4 is 23.5 Å². The number of benzene rings is 1. The summed E-state index contributed by atoms with van der Waals surface area (Å²) >= 11 is 5.55. The summed E-state index contributed by atoms with van der Waals surface area (Å²) in [6, 6.07) is 1.34. The van der Waals surface area contributed by atoms with Crippen LogP contribution in [-0.2, 0) is 4.79 Å². The van der Waals surface area contributed by atoms with Gasteiger partial charge in [-0.1, -0.05) is 11.6 Å². The van der Waals surface area contributed by atoms with E-state index in [2.05, 4.69) is 5.32 Å². The molecule has 0 heterocycles. The molecule has 0 fully saturated rings. The Morgan fingerprint density at radius 3 is 2.47 bits per heavy atom. The fourth-order valence-corrected chi connectivity index (χ4v) is 1.31. The molecule has 0 atom stereocenters. The second kappa shape index (κ2) is 5.58. The maximum atomic E-state index is 12.9. The van der Waals surface area contributed by atoms with Crippen molar-refractivity contribution in [2.75, 3.05) is 6.54 Å². The number of carbonyl (C=O) groups excluding carboxylic acids is 1. The number of amides is 1. The van der Waals surface area contributed by atoms with Crippen LogP contribution in [0.3, 0.4) is 0 Å². The van der Waals surface area contributed by atoms with Gasteiger partial charge in [-0.2, -0.15) is 0 Å². The lowest BCUT2D eigenvalue weighted by Gasteiger charge is -2.06. The van der Waals surface area contributed by atoms with Crippen molar-refractivity contribution in [1.29, 1.82) is 0 Å². The van der Waals surface area contributed by atoms with Gasteiger partial charge in [0.05, 0.1) is 17.0 Å². The molecule has 1 amide bonds. The minimum atomic E-state index is -1.20. The second-order valence-electron chi connectivity index (χ2n) is 3.15. The summed E-state index contributed by atoms with van der Waals surface area (Å²) in [5.74, 6) is -4.19. The molecule has 1 rings (SSSR count). The standard InChI is InChI=1S/C10H8ClF2NO3/c11-6-4-8(13)7(12)3-5(6)10(17)14-2-1-9(15)16/h3-4H,1-2H2,(H,14,17)(H,15,16). The van der Waals surface area contributed by atoms with E-state index in [4.69, 9.17) is 16.7 Å². The number of halogens is 3. The first-order chi connectivity index (χ1) is 7.91. The maximum Gasteiger partial charge on any atom is 0.305 e. The summed E-state index contributed by atoms with van der Waals surface area (Å²) in [6.07, 6.45) is -0.271. The van der Waals surface area contributed by atoms with Gasteiger partial charge in [0.1, 0.15) is 0 Å². The van der Waals surface area contributed by atoms with Crippen molar-refractivity contribution in [2.24, 2.45) is 0 Å². The lowest BCUT2D eigenvalue weighted by Crippen LogP contribution is -2.26. The largest absolute Gasteiger partial charge is 0.481 e. The summed E-state index contributed by atoms with van der Waals surface area (Å²) in [5.41, 5.74) is -0.240. The third kappa shape index (κ3) is 3.67. The fraction of sp³-hybridized carbons (Fsp3) is 0.200. The molecule has 17 heavy (non-hydrogen) atoms. The van der Waals surface area contributed by atoms with E-state index in [1.54, 1.807) is 0 Å². The van der Waals surface area contributed by atoms with E-state index < -0.39 is 23.5 Å². The highest BCUT2D eigenvalue weighted by molar-refractivity contribution is 6.33.